The summed E-state index contributed by atoms with van der Waals surface area (Å²) in [6.07, 6.45) is 0. The van der Waals surface area contributed by atoms with Gasteiger partial charge in [0.2, 0.25) is 0 Å². The first-order valence-electron chi connectivity index (χ1n) is 11.8. The smallest absolute Gasteiger partial charge is 0.191 e. The average Bonchev–Trinajstić information content (AvgIpc) is 2.80. The molecule has 1 atom stereocenters. The van der Waals surface area contributed by atoms with E-state index in [4.69, 9.17) is 9.47 Å². The minimum atomic E-state index is 0.457. The summed E-state index contributed by atoms with van der Waals surface area (Å²) in [6.45, 7) is 17.8. The highest BCUT2D eigenvalue weighted by Crippen LogP contribution is 2.18. The van der Waals surface area contributed by atoms with Crippen molar-refractivity contribution in [2.75, 3.05) is 66.1 Å². The van der Waals surface area contributed by atoms with Crippen molar-refractivity contribution in [1.82, 2.24) is 20.4 Å². The van der Waals surface area contributed by atoms with Crippen molar-refractivity contribution in [3.63, 3.8) is 0 Å². The topological polar surface area (TPSA) is 61.4 Å². The second-order valence-corrected chi connectivity index (χ2v) is 8.25. The lowest BCUT2D eigenvalue weighted by molar-refractivity contribution is 0.00752. The van der Waals surface area contributed by atoms with Crippen LogP contribution in [0.1, 0.15) is 33.3 Å². The van der Waals surface area contributed by atoms with E-state index in [0.717, 1.165) is 69.8 Å². The van der Waals surface area contributed by atoms with Crippen molar-refractivity contribution in [3.8, 4) is 5.75 Å². The molecule has 0 amide bonds. The van der Waals surface area contributed by atoms with Gasteiger partial charge in [-0.25, -0.2) is 0 Å². The summed E-state index contributed by atoms with van der Waals surface area (Å²) in [4.78, 5) is 9.31. The van der Waals surface area contributed by atoms with Gasteiger partial charge in [-0.3, -0.25) is 9.89 Å². The number of nitrogens with one attached hydrogen (secondary N) is 2. The summed E-state index contributed by atoms with van der Waals surface area (Å²) in [5.74, 6) is 2.31. The van der Waals surface area contributed by atoms with Gasteiger partial charge in [-0.1, -0.05) is 45.9 Å². The van der Waals surface area contributed by atoms with Gasteiger partial charge >= 0.3 is 0 Å². The second kappa shape index (κ2) is 14.3. The zero-order chi connectivity index (χ0) is 22.5. The molecule has 7 nitrogen and oxygen atoms in total. The molecule has 0 aliphatic carbocycles. The molecule has 31 heavy (non-hydrogen) atoms. The van der Waals surface area contributed by atoms with Gasteiger partial charge in [0.25, 0.3) is 0 Å². The Morgan fingerprint density at radius 1 is 1.16 bits per heavy atom. The maximum Gasteiger partial charge on any atom is 0.191 e. The Balaban J connectivity index is 1.86. The standard InChI is InChI=1S/C24H43N5O2/c1-6-28(7-2)12-17-31-23-11-9-8-10-21(23)18-26-24(25-5)27-19-22(20(3)4)29-13-15-30-16-14-29/h8-11,20,22H,6-7,12-19H2,1-5H3,(H2,25,26,27). The summed E-state index contributed by atoms with van der Waals surface area (Å²) in [5, 5.41) is 6.97. The molecule has 1 unspecified atom stereocenters. The van der Waals surface area contributed by atoms with Crippen LogP contribution >= 0.6 is 0 Å². The van der Waals surface area contributed by atoms with Crippen LogP contribution in [0.4, 0.5) is 0 Å². The predicted molar refractivity (Wildman–Crippen MR) is 129 cm³/mol. The summed E-state index contributed by atoms with van der Waals surface area (Å²) in [7, 11) is 1.82. The number of ether oxygens (including phenoxy) is 2. The number of aliphatic imine (C=N–C) groups is 1. The third kappa shape index (κ3) is 8.67. The highest BCUT2D eigenvalue weighted by Gasteiger charge is 2.23. The van der Waals surface area contributed by atoms with Crippen molar-refractivity contribution in [2.24, 2.45) is 10.9 Å². The van der Waals surface area contributed by atoms with Gasteiger partial charge in [-0.15, -0.1) is 0 Å². The number of morpholine rings is 1. The van der Waals surface area contributed by atoms with E-state index in [9.17, 15) is 0 Å². The molecule has 0 spiro atoms. The molecule has 0 aromatic heterocycles. The van der Waals surface area contributed by atoms with E-state index in [0.29, 0.717) is 25.1 Å². The van der Waals surface area contributed by atoms with Crippen LogP contribution in [0.3, 0.4) is 0 Å². The fourth-order valence-electron chi connectivity index (χ4n) is 3.91. The zero-order valence-corrected chi connectivity index (χ0v) is 20.2. The van der Waals surface area contributed by atoms with Gasteiger partial charge in [0.05, 0.1) is 13.2 Å². The Hall–Kier alpha value is -1.83. The monoisotopic (exact) mass is 433 g/mol. The largest absolute Gasteiger partial charge is 0.492 e. The predicted octanol–water partition coefficient (Wildman–Crippen LogP) is 2.43. The normalized spacial score (nSPS) is 16.5. The Labute approximate surface area is 189 Å². The van der Waals surface area contributed by atoms with E-state index >= 15 is 0 Å². The fourth-order valence-corrected chi connectivity index (χ4v) is 3.91. The van der Waals surface area contributed by atoms with Crippen LogP contribution < -0.4 is 15.4 Å². The molecule has 2 N–H and O–H groups in total. The summed E-state index contributed by atoms with van der Waals surface area (Å²) < 4.78 is 11.6. The maximum absolute atomic E-state index is 6.09. The number of para-hydroxylation sites is 1. The zero-order valence-electron chi connectivity index (χ0n) is 20.2. The molecule has 2 rings (SSSR count). The fraction of sp³-hybridized carbons (Fsp3) is 0.708. The van der Waals surface area contributed by atoms with Gasteiger partial charge in [0.15, 0.2) is 5.96 Å². The van der Waals surface area contributed by atoms with E-state index in [-0.39, 0.29) is 0 Å². The van der Waals surface area contributed by atoms with Crippen LogP contribution in [0.5, 0.6) is 5.75 Å². The molecule has 1 fully saturated rings. The van der Waals surface area contributed by atoms with Crippen LogP contribution in [0.2, 0.25) is 0 Å². The van der Waals surface area contributed by atoms with Crippen LogP contribution in [-0.4, -0.2) is 87.9 Å². The summed E-state index contributed by atoms with van der Waals surface area (Å²) in [6, 6.07) is 8.69. The van der Waals surface area contributed by atoms with Crippen molar-refractivity contribution in [2.45, 2.75) is 40.3 Å². The number of benzene rings is 1. The Morgan fingerprint density at radius 3 is 2.52 bits per heavy atom. The number of likely N-dealkylation sites (N-methyl/N-ethyl adjacent to an activating group) is 1. The minimum absolute atomic E-state index is 0.457. The van der Waals surface area contributed by atoms with Gasteiger partial charge in [0, 0.05) is 51.4 Å². The SMILES string of the molecule is CCN(CC)CCOc1ccccc1CNC(=NC)NCC(C(C)C)N1CCOCC1. The van der Waals surface area contributed by atoms with Gasteiger partial charge in [-0.2, -0.15) is 0 Å². The first kappa shape index (κ1) is 25.4. The number of rotatable bonds is 12. The lowest BCUT2D eigenvalue weighted by atomic mass is 10.0. The van der Waals surface area contributed by atoms with Gasteiger partial charge < -0.3 is 25.0 Å². The highest BCUT2D eigenvalue weighted by molar-refractivity contribution is 5.79. The molecule has 1 saturated heterocycles. The van der Waals surface area contributed by atoms with E-state index in [1.54, 1.807) is 0 Å². The van der Waals surface area contributed by atoms with Crippen molar-refractivity contribution in [1.29, 1.82) is 0 Å². The first-order chi connectivity index (χ1) is 15.1. The van der Waals surface area contributed by atoms with Crippen molar-refractivity contribution < 1.29 is 9.47 Å². The molecular weight excluding hydrogens is 390 g/mol. The van der Waals surface area contributed by atoms with E-state index in [1.165, 1.54) is 0 Å². The highest BCUT2D eigenvalue weighted by atomic mass is 16.5. The third-order valence-corrected chi connectivity index (χ3v) is 5.96. The lowest BCUT2D eigenvalue weighted by Gasteiger charge is -2.37. The second-order valence-electron chi connectivity index (χ2n) is 8.25. The van der Waals surface area contributed by atoms with Crippen LogP contribution in [-0.2, 0) is 11.3 Å². The maximum atomic E-state index is 6.09. The molecule has 0 saturated carbocycles. The lowest BCUT2D eigenvalue weighted by Crippen LogP contribution is -2.52. The van der Waals surface area contributed by atoms with Gasteiger partial charge in [0.1, 0.15) is 12.4 Å². The van der Waals surface area contributed by atoms with Gasteiger partial charge in [-0.05, 0) is 25.1 Å². The van der Waals surface area contributed by atoms with E-state index < -0.39 is 0 Å². The average molecular weight is 434 g/mol. The van der Waals surface area contributed by atoms with Crippen LogP contribution in [0.15, 0.2) is 29.3 Å². The first-order valence-corrected chi connectivity index (χ1v) is 11.8. The molecule has 176 valence electrons. The minimum Gasteiger partial charge on any atom is -0.492 e. The summed E-state index contributed by atoms with van der Waals surface area (Å²) >= 11 is 0. The molecular formula is C24H43N5O2. The number of nitrogens with zero attached hydrogens (tertiary/aromatic N) is 3. The molecule has 1 aliphatic rings. The Kier molecular flexibility index (Phi) is 11.7. The van der Waals surface area contributed by atoms with Crippen molar-refractivity contribution >= 4 is 5.96 Å². The molecule has 0 radical (unpaired) electrons. The molecule has 1 heterocycles. The summed E-state index contributed by atoms with van der Waals surface area (Å²) in [5.41, 5.74) is 1.14. The van der Waals surface area contributed by atoms with E-state index in [1.807, 2.05) is 19.2 Å². The molecule has 0 bridgehead atoms. The van der Waals surface area contributed by atoms with Crippen molar-refractivity contribution in [3.05, 3.63) is 29.8 Å². The molecule has 1 aromatic rings. The van der Waals surface area contributed by atoms with Crippen LogP contribution in [0.25, 0.3) is 0 Å². The molecule has 1 aliphatic heterocycles. The number of hydrogen-bond donors (Lipinski definition) is 2. The third-order valence-electron chi connectivity index (χ3n) is 5.96. The Bertz CT molecular complexity index is 643. The van der Waals surface area contributed by atoms with E-state index in [2.05, 4.69) is 65.3 Å². The number of guanidine groups is 1. The molecule has 7 heteroatoms. The molecule has 1 aromatic carbocycles. The number of hydrogen-bond acceptors (Lipinski definition) is 5. The quantitative estimate of drug-likeness (QED) is 0.390. The van der Waals surface area contributed by atoms with Crippen LogP contribution in [0, 0.1) is 5.92 Å². The Morgan fingerprint density at radius 2 is 1.87 bits per heavy atom.